The molecular formula is C19H23F10N3O5S2. The maximum absolute atomic E-state index is 12.3. The molecule has 0 aliphatic carbocycles. The molecule has 226 valence electrons. The Kier molecular flexibility index (Phi) is 11.6. The molecular weight excluding hydrogens is 604 g/mol. The summed E-state index contributed by atoms with van der Waals surface area (Å²) < 4.78 is 162. The van der Waals surface area contributed by atoms with Crippen molar-refractivity contribution in [3.05, 3.63) is 52.2 Å². The van der Waals surface area contributed by atoms with Crippen LogP contribution in [-0.2, 0) is 31.4 Å². The van der Waals surface area contributed by atoms with E-state index < -0.39 is 42.9 Å². The number of amides is 1. The minimum absolute atomic E-state index is 0.0605. The van der Waals surface area contributed by atoms with E-state index in [1.54, 1.807) is 6.92 Å². The van der Waals surface area contributed by atoms with E-state index in [1.807, 2.05) is 6.07 Å². The lowest BCUT2D eigenvalue weighted by Crippen LogP contribution is -2.48. The number of carbonyl (C=O) groups is 1. The van der Waals surface area contributed by atoms with E-state index in [9.17, 15) is 65.5 Å². The molecule has 0 heterocycles. The van der Waals surface area contributed by atoms with Crippen molar-refractivity contribution < 1.29 is 70.0 Å². The number of nitrogens with one attached hydrogen (secondary N) is 1. The van der Waals surface area contributed by atoms with Gasteiger partial charge in [-0.15, -0.1) is 0 Å². The third kappa shape index (κ3) is 9.91. The summed E-state index contributed by atoms with van der Waals surface area (Å²) in [6.45, 7) is 7.87. The highest BCUT2D eigenvalue weighted by Gasteiger charge is 2.68. The molecule has 20 heteroatoms. The Morgan fingerprint density at radius 3 is 1.56 bits per heavy atom. The number of carbonyl (C=O) groups excluding carboxylic acids is 1. The topological polar surface area (TPSA) is 111 Å². The molecule has 1 aromatic carbocycles. The molecule has 0 radical (unpaired) electrons. The molecule has 0 fully saturated rings. The fourth-order valence-electron chi connectivity index (χ4n) is 2.29. The maximum atomic E-state index is 12.3. The number of likely N-dealkylation sites (N-methyl/N-ethyl adjacent to an activating group) is 1. The molecule has 1 N–H and O–H groups in total. The summed E-state index contributed by atoms with van der Waals surface area (Å²) in [6, 6.07) is 10.4. The first-order chi connectivity index (χ1) is 17.1. The van der Waals surface area contributed by atoms with Crippen molar-refractivity contribution in [3.63, 3.8) is 0 Å². The quantitative estimate of drug-likeness (QED) is 0.237. The zero-order valence-electron chi connectivity index (χ0n) is 20.2. The summed E-state index contributed by atoms with van der Waals surface area (Å²) in [5.41, 5.74) is 1.87. The van der Waals surface area contributed by atoms with Gasteiger partial charge in [-0.2, -0.15) is 43.9 Å². The average molecular weight is 628 g/mol. The molecule has 8 nitrogen and oxygen atoms in total. The molecule has 1 rings (SSSR count). The lowest BCUT2D eigenvalue weighted by atomic mass is 10.2. The van der Waals surface area contributed by atoms with Crippen LogP contribution in [-0.4, -0.2) is 77.3 Å². The number of alkyl halides is 10. The predicted octanol–water partition coefficient (Wildman–Crippen LogP) is 4.29. The molecule has 0 aromatic heterocycles. The Morgan fingerprint density at radius 1 is 0.846 bits per heavy atom. The number of benzene rings is 1. The first-order valence-electron chi connectivity index (χ1n) is 10.0. The second-order valence-corrected chi connectivity index (χ2v) is 11.9. The Bertz CT molecular complexity index is 1160. The van der Waals surface area contributed by atoms with E-state index in [2.05, 4.69) is 50.3 Å². The molecule has 0 unspecified atom stereocenters. The van der Waals surface area contributed by atoms with Gasteiger partial charge in [-0.25, -0.2) is 16.8 Å². The summed E-state index contributed by atoms with van der Waals surface area (Å²) in [4.78, 5) is 11.4. The van der Waals surface area contributed by atoms with Gasteiger partial charge in [0.1, 0.15) is 6.54 Å². The van der Waals surface area contributed by atoms with Crippen LogP contribution in [0.1, 0.15) is 12.5 Å². The van der Waals surface area contributed by atoms with Crippen LogP contribution in [0.25, 0.3) is 4.13 Å². The van der Waals surface area contributed by atoms with E-state index in [4.69, 9.17) is 0 Å². The summed E-state index contributed by atoms with van der Waals surface area (Å²) in [7, 11) is -10.9. The number of hydrogen-bond acceptors (Lipinski definition) is 5. The van der Waals surface area contributed by atoms with E-state index in [1.165, 1.54) is 5.56 Å². The summed E-state index contributed by atoms with van der Waals surface area (Å²) in [5, 5.41) is -11.1. The molecule has 0 atom stereocenters. The fraction of sp³-hybridized carbons (Fsp3) is 0.526. The van der Waals surface area contributed by atoms with Crippen LogP contribution in [0.3, 0.4) is 0 Å². The second-order valence-electron chi connectivity index (χ2n) is 8.39. The number of sulfonamides is 2. The number of nitrogens with zero attached hydrogens (tertiary/aromatic N) is 2. The van der Waals surface area contributed by atoms with Crippen LogP contribution < -0.4 is 5.32 Å². The average Bonchev–Trinajstić information content (AvgIpc) is 2.71. The lowest BCUT2D eigenvalue weighted by molar-refractivity contribution is -0.902. The van der Waals surface area contributed by atoms with Crippen LogP contribution in [0, 0.1) is 0 Å². The van der Waals surface area contributed by atoms with Crippen LogP contribution in [0.4, 0.5) is 43.9 Å². The summed E-state index contributed by atoms with van der Waals surface area (Å²) in [5.74, 6) is -0.0605. The number of hydrogen-bond donors (Lipinski definition) is 1. The zero-order valence-corrected chi connectivity index (χ0v) is 21.9. The smallest absolute Gasteiger partial charge is 0.425 e. The van der Waals surface area contributed by atoms with Crippen molar-refractivity contribution in [2.45, 2.75) is 36.3 Å². The predicted molar refractivity (Wildman–Crippen MR) is 118 cm³/mol. The molecule has 39 heavy (non-hydrogen) atoms. The van der Waals surface area contributed by atoms with Gasteiger partial charge in [0.15, 0.2) is 20.0 Å². The van der Waals surface area contributed by atoms with Crippen LogP contribution in [0.15, 0.2) is 42.5 Å². The third-order valence-corrected chi connectivity index (χ3v) is 7.68. The van der Waals surface area contributed by atoms with E-state index in [0.717, 1.165) is 17.6 Å². The first kappa shape index (κ1) is 36.5. The third-order valence-electron chi connectivity index (χ3n) is 4.35. The Morgan fingerprint density at radius 2 is 1.23 bits per heavy atom. The molecule has 1 aromatic rings. The van der Waals surface area contributed by atoms with Crippen molar-refractivity contribution in [3.8, 4) is 0 Å². The highest BCUT2D eigenvalue weighted by molar-refractivity contribution is 8.13. The fourth-order valence-corrected chi connectivity index (χ4v) is 4.66. The SMILES string of the molecule is C=C(C)C(=O)NCC[N+](C)(C)Cc1ccccc1.O=S(=O)([N-]S(=O)(=O)C(F)(F)C(F)(F)F)C(F)(F)C(F)(F)F. The molecule has 0 saturated carbocycles. The Labute approximate surface area is 217 Å². The van der Waals surface area contributed by atoms with Crippen LogP contribution in [0.5, 0.6) is 0 Å². The van der Waals surface area contributed by atoms with Crippen molar-refractivity contribution in [2.75, 3.05) is 27.2 Å². The van der Waals surface area contributed by atoms with Gasteiger partial charge in [0.05, 0.1) is 27.2 Å². The Balaban J connectivity index is 0.000000748. The van der Waals surface area contributed by atoms with Gasteiger partial charge in [0, 0.05) is 11.1 Å². The van der Waals surface area contributed by atoms with E-state index in [-0.39, 0.29) is 5.91 Å². The standard InChI is InChI=1S/C15H22N2O.C4F10NO4S2/c1-13(2)15(18)16-10-11-17(3,4)12-14-8-6-5-7-9-14;5-1(6,7)3(11,12)20(16,17)15-21(18,19)4(13,14)2(8,9)10/h5-9H,1,10-12H2,2-4H3;/q;-1/p+1. The summed E-state index contributed by atoms with van der Waals surface area (Å²) in [6.07, 6.45) is -14.0. The molecule has 0 spiro atoms. The molecule has 0 aliphatic rings. The van der Waals surface area contributed by atoms with Crippen molar-refractivity contribution in [1.82, 2.24) is 5.32 Å². The lowest BCUT2D eigenvalue weighted by Gasteiger charge is -2.31. The first-order valence-corrected chi connectivity index (χ1v) is 12.9. The van der Waals surface area contributed by atoms with Gasteiger partial charge in [0.25, 0.3) is 0 Å². The number of rotatable bonds is 10. The minimum Gasteiger partial charge on any atom is -0.425 e. The Hall–Kier alpha value is -2.45. The van der Waals surface area contributed by atoms with E-state index in [0.29, 0.717) is 16.2 Å². The summed E-state index contributed by atoms with van der Waals surface area (Å²) >= 11 is 0. The highest BCUT2D eigenvalue weighted by Crippen LogP contribution is 2.47. The largest absolute Gasteiger partial charge is 0.467 e. The zero-order chi connectivity index (χ0) is 31.3. The van der Waals surface area contributed by atoms with Gasteiger partial charge < -0.3 is 13.9 Å². The van der Waals surface area contributed by atoms with Gasteiger partial charge >= 0.3 is 22.9 Å². The number of quaternary nitrogens is 1. The van der Waals surface area contributed by atoms with Crippen LogP contribution >= 0.6 is 0 Å². The van der Waals surface area contributed by atoms with Crippen molar-refractivity contribution >= 4 is 26.0 Å². The maximum Gasteiger partial charge on any atom is 0.467 e. The normalized spacial score (nSPS) is 13.8. The second kappa shape index (κ2) is 12.4. The molecule has 0 saturated heterocycles. The minimum atomic E-state index is -7.62. The van der Waals surface area contributed by atoms with Gasteiger partial charge in [0.2, 0.25) is 5.91 Å². The van der Waals surface area contributed by atoms with Crippen molar-refractivity contribution in [1.29, 1.82) is 0 Å². The molecule has 0 aliphatic heterocycles. The van der Waals surface area contributed by atoms with Crippen LogP contribution in [0.2, 0.25) is 0 Å². The highest BCUT2D eigenvalue weighted by atomic mass is 32.3. The van der Waals surface area contributed by atoms with E-state index >= 15 is 0 Å². The van der Waals surface area contributed by atoms with Crippen molar-refractivity contribution in [2.24, 2.45) is 0 Å². The van der Waals surface area contributed by atoms with Gasteiger partial charge in [-0.1, -0.05) is 36.9 Å². The van der Waals surface area contributed by atoms with Gasteiger partial charge in [-0.05, 0) is 6.92 Å². The monoisotopic (exact) mass is 627 g/mol. The van der Waals surface area contributed by atoms with Gasteiger partial charge in [-0.3, -0.25) is 4.79 Å². The number of halogens is 10. The molecule has 1 amide bonds. The molecule has 0 bridgehead atoms.